The maximum Gasteiger partial charge on any atom is 0.0664 e. The highest BCUT2D eigenvalue weighted by Crippen LogP contribution is 2.30. The molecule has 3 nitrogen and oxygen atoms in total. The molecule has 0 bridgehead atoms. The van der Waals surface area contributed by atoms with Gasteiger partial charge in [0.2, 0.25) is 0 Å². The summed E-state index contributed by atoms with van der Waals surface area (Å²) in [6, 6.07) is 3.53. The third-order valence-electron chi connectivity index (χ3n) is 2.07. The number of nitrogens with two attached hydrogens (primary N) is 1. The van der Waals surface area contributed by atoms with E-state index in [0.29, 0.717) is 28.9 Å². The van der Waals surface area contributed by atoms with Crippen LogP contribution in [0.4, 0.5) is 11.4 Å². The Bertz CT molecular complexity index is 358. The molecule has 5 heteroatoms. The van der Waals surface area contributed by atoms with E-state index in [0.717, 1.165) is 5.69 Å². The Labute approximate surface area is 106 Å². The summed E-state index contributed by atoms with van der Waals surface area (Å²) in [6.45, 7) is 5.29. The summed E-state index contributed by atoms with van der Waals surface area (Å²) in [5.41, 5.74) is 7.18. The van der Waals surface area contributed by atoms with Crippen molar-refractivity contribution in [1.29, 1.82) is 0 Å². The van der Waals surface area contributed by atoms with Crippen LogP contribution in [0.15, 0.2) is 12.1 Å². The van der Waals surface area contributed by atoms with Crippen LogP contribution in [0.3, 0.4) is 0 Å². The van der Waals surface area contributed by atoms with Crippen LogP contribution in [-0.2, 0) is 4.74 Å². The number of benzene rings is 1. The summed E-state index contributed by atoms with van der Waals surface area (Å²) in [4.78, 5) is 0. The molecular weight excluding hydrogens is 247 g/mol. The molecule has 0 fully saturated rings. The summed E-state index contributed by atoms with van der Waals surface area (Å²) in [7, 11) is 0. The van der Waals surface area contributed by atoms with Crippen molar-refractivity contribution >= 4 is 34.6 Å². The number of nitrogen functional groups attached to an aromatic ring is 1. The monoisotopic (exact) mass is 262 g/mol. The maximum absolute atomic E-state index is 5.91. The van der Waals surface area contributed by atoms with Crippen molar-refractivity contribution in [3.63, 3.8) is 0 Å². The number of halogens is 2. The highest BCUT2D eigenvalue weighted by atomic mass is 35.5. The van der Waals surface area contributed by atoms with Gasteiger partial charge in [-0.1, -0.05) is 23.2 Å². The minimum Gasteiger partial charge on any atom is -0.397 e. The first-order valence-electron chi connectivity index (χ1n) is 5.13. The summed E-state index contributed by atoms with van der Waals surface area (Å²) in [5, 5.41) is 4.17. The predicted octanol–water partition coefficient (Wildman–Crippen LogP) is 3.41. The van der Waals surface area contributed by atoms with Gasteiger partial charge in [0.25, 0.3) is 0 Å². The first-order chi connectivity index (χ1) is 7.54. The zero-order valence-corrected chi connectivity index (χ0v) is 10.9. The fraction of sp³-hybridized carbons (Fsp3) is 0.455. The molecule has 90 valence electrons. The van der Waals surface area contributed by atoms with Gasteiger partial charge < -0.3 is 15.8 Å². The van der Waals surface area contributed by atoms with Gasteiger partial charge in [0, 0.05) is 12.6 Å². The van der Waals surface area contributed by atoms with Crippen molar-refractivity contribution in [3.05, 3.63) is 22.2 Å². The molecule has 1 unspecified atom stereocenters. The van der Waals surface area contributed by atoms with Crippen molar-refractivity contribution in [3.8, 4) is 0 Å². The predicted molar refractivity (Wildman–Crippen MR) is 70.5 cm³/mol. The summed E-state index contributed by atoms with van der Waals surface area (Å²) in [5.74, 6) is 0. The zero-order chi connectivity index (χ0) is 12.1. The zero-order valence-electron chi connectivity index (χ0n) is 9.39. The third kappa shape index (κ3) is 3.74. The molecule has 1 aromatic carbocycles. The van der Waals surface area contributed by atoms with E-state index in [1.54, 1.807) is 12.1 Å². The van der Waals surface area contributed by atoms with Crippen molar-refractivity contribution in [2.45, 2.75) is 19.9 Å². The summed E-state index contributed by atoms with van der Waals surface area (Å²) < 4.78 is 5.30. The standard InChI is InChI=1S/C11H16Cl2N2O/c1-3-16-6-7(2)15-11-5-9(13)8(12)4-10(11)14/h4-5,7,15H,3,6,14H2,1-2H3. The van der Waals surface area contributed by atoms with Gasteiger partial charge in [-0.2, -0.15) is 0 Å². The second-order valence-corrected chi connectivity index (χ2v) is 4.37. The van der Waals surface area contributed by atoms with Crippen LogP contribution in [0, 0.1) is 0 Å². The van der Waals surface area contributed by atoms with Crippen LogP contribution >= 0.6 is 23.2 Å². The number of ether oxygens (including phenoxy) is 1. The molecule has 0 aliphatic heterocycles. The van der Waals surface area contributed by atoms with Gasteiger partial charge in [-0.25, -0.2) is 0 Å². The average molecular weight is 263 g/mol. The second-order valence-electron chi connectivity index (χ2n) is 3.56. The van der Waals surface area contributed by atoms with Gasteiger partial charge in [0.05, 0.1) is 28.0 Å². The van der Waals surface area contributed by atoms with Crippen LogP contribution in [0.2, 0.25) is 10.0 Å². The first kappa shape index (κ1) is 13.4. The summed E-state index contributed by atoms with van der Waals surface area (Å²) in [6.07, 6.45) is 0. The minimum absolute atomic E-state index is 0.166. The van der Waals surface area contributed by atoms with Gasteiger partial charge in [-0.05, 0) is 26.0 Å². The van der Waals surface area contributed by atoms with Crippen molar-refractivity contribution in [2.75, 3.05) is 24.3 Å². The molecule has 0 heterocycles. The molecule has 1 atom stereocenters. The molecule has 0 spiro atoms. The largest absolute Gasteiger partial charge is 0.397 e. The molecule has 0 aliphatic carbocycles. The maximum atomic E-state index is 5.91. The number of hydrogen-bond donors (Lipinski definition) is 2. The van der Waals surface area contributed by atoms with E-state index in [-0.39, 0.29) is 6.04 Å². The van der Waals surface area contributed by atoms with E-state index in [9.17, 15) is 0 Å². The normalized spacial score (nSPS) is 12.5. The lowest BCUT2D eigenvalue weighted by Crippen LogP contribution is -2.22. The lowest BCUT2D eigenvalue weighted by molar-refractivity contribution is 0.141. The van der Waals surface area contributed by atoms with E-state index in [2.05, 4.69) is 5.32 Å². The minimum atomic E-state index is 0.166. The Morgan fingerprint density at radius 2 is 2.00 bits per heavy atom. The molecule has 16 heavy (non-hydrogen) atoms. The molecule has 0 aliphatic rings. The highest BCUT2D eigenvalue weighted by molar-refractivity contribution is 6.42. The lowest BCUT2D eigenvalue weighted by Gasteiger charge is -2.17. The molecule has 1 rings (SSSR count). The number of hydrogen-bond acceptors (Lipinski definition) is 3. The van der Waals surface area contributed by atoms with Crippen LogP contribution < -0.4 is 11.1 Å². The van der Waals surface area contributed by atoms with E-state index in [4.69, 9.17) is 33.7 Å². The molecule has 0 saturated heterocycles. The number of nitrogens with one attached hydrogen (secondary N) is 1. The Balaban J connectivity index is 2.69. The molecule has 3 N–H and O–H groups in total. The third-order valence-corrected chi connectivity index (χ3v) is 2.79. The van der Waals surface area contributed by atoms with Crippen molar-refractivity contribution < 1.29 is 4.74 Å². The fourth-order valence-electron chi connectivity index (χ4n) is 1.29. The van der Waals surface area contributed by atoms with Crippen molar-refractivity contribution in [1.82, 2.24) is 0 Å². The molecule has 0 radical (unpaired) electrons. The second kappa shape index (κ2) is 6.18. The van der Waals surface area contributed by atoms with E-state index >= 15 is 0 Å². The van der Waals surface area contributed by atoms with Crippen LogP contribution in [-0.4, -0.2) is 19.3 Å². The van der Waals surface area contributed by atoms with Crippen LogP contribution in [0.5, 0.6) is 0 Å². The van der Waals surface area contributed by atoms with E-state index < -0.39 is 0 Å². The average Bonchev–Trinajstić information content (AvgIpc) is 2.23. The Hall–Kier alpha value is -0.640. The van der Waals surface area contributed by atoms with Gasteiger partial charge in [-0.3, -0.25) is 0 Å². The Morgan fingerprint density at radius 3 is 2.62 bits per heavy atom. The van der Waals surface area contributed by atoms with Gasteiger partial charge >= 0.3 is 0 Å². The number of anilines is 2. The molecule has 0 saturated carbocycles. The van der Waals surface area contributed by atoms with E-state index in [1.807, 2.05) is 13.8 Å². The van der Waals surface area contributed by atoms with Gasteiger partial charge in [-0.15, -0.1) is 0 Å². The Kier molecular flexibility index (Phi) is 5.19. The van der Waals surface area contributed by atoms with Gasteiger partial charge in [0.1, 0.15) is 0 Å². The molecular formula is C11H16Cl2N2O. The van der Waals surface area contributed by atoms with Crippen LogP contribution in [0.1, 0.15) is 13.8 Å². The topological polar surface area (TPSA) is 47.3 Å². The lowest BCUT2D eigenvalue weighted by atomic mass is 10.2. The first-order valence-corrected chi connectivity index (χ1v) is 5.89. The summed E-state index contributed by atoms with van der Waals surface area (Å²) >= 11 is 11.8. The molecule has 1 aromatic rings. The number of rotatable bonds is 5. The van der Waals surface area contributed by atoms with Crippen molar-refractivity contribution in [2.24, 2.45) is 0 Å². The highest BCUT2D eigenvalue weighted by Gasteiger charge is 2.08. The fourth-order valence-corrected chi connectivity index (χ4v) is 1.62. The quantitative estimate of drug-likeness (QED) is 0.800. The van der Waals surface area contributed by atoms with E-state index in [1.165, 1.54) is 0 Å². The van der Waals surface area contributed by atoms with Gasteiger partial charge in [0.15, 0.2) is 0 Å². The van der Waals surface area contributed by atoms with Crippen LogP contribution in [0.25, 0.3) is 0 Å². The smallest absolute Gasteiger partial charge is 0.0664 e. The SMILES string of the molecule is CCOCC(C)Nc1cc(Cl)c(Cl)cc1N. The molecule has 0 aromatic heterocycles. The Morgan fingerprint density at radius 1 is 1.38 bits per heavy atom. The molecule has 0 amide bonds.